The van der Waals surface area contributed by atoms with Gasteiger partial charge in [0, 0.05) is 48.1 Å². The zero-order chi connectivity index (χ0) is 44.4. The molecule has 2 heterocycles. The van der Waals surface area contributed by atoms with E-state index in [-0.39, 0.29) is 5.41 Å². The summed E-state index contributed by atoms with van der Waals surface area (Å²) >= 11 is 1.87. The summed E-state index contributed by atoms with van der Waals surface area (Å²) in [6, 6.07) is 86.5. The molecule has 316 valence electrons. The molecular weight excluding hydrogens is 829 g/mol. The van der Waals surface area contributed by atoms with E-state index in [0.717, 1.165) is 22.7 Å². The normalized spacial score (nSPS) is 14.3. The fourth-order valence-electron chi connectivity index (χ4n) is 12.2. The number of anilines is 6. The third-order valence-electron chi connectivity index (χ3n) is 15.1. The third kappa shape index (κ3) is 5.26. The molecule has 0 saturated carbocycles. The van der Waals surface area contributed by atoms with Crippen LogP contribution in [0.4, 0.5) is 34.1 Å². The van der Waals surface area contributed by atoms with Crippen LogP contribution in [0.25, 0.3) is 53.6 Å². The van der Waals surface area contributed by atoms with E-state index < -0.39 is 5.41 Å². The average Bonchev–Trinajstić information content (AvgIpc) is 3.98. The quantitative estimate of drug-likeness (QED) is 0.170. The molecule has 11 aromatic rings. The molecule has 2 aliphatic carbocycles. The predicted octanol–water partition coefficient (Wildman–Crippen LogP) is 17.6. The van der Waals surface area contributed by atoms with Crippen molar-refractivity contribution in [3.63, 3.8) is 0 Å². The van der Waals surface area contributed by atoms with Crippen molar-refractivity contribution in [3.8, 4) is 33.4 Å². The first kappa shape index (κ1) is 38.3. The molecule has 3 heteroatoms. The van der Waals surface area contributed by atoms with Gasteiger partial charge in [-0.3, -0.25) is 0 Å². The van der Waals surface area contributed by atoms with Gasteiger partial charge >= 0.3 is 0 Å². The van der Waals surface area contributed by atoms with Crippen LogP contribution < -0.4 is 9.80 Å². The Kier molecular flexibility index (Phi) is 8.15. The van der Waals surface area contributed by atoms with Crippen molar-refractivity contribution < 1.29 is 0 Å². The topological polar surface area (TPSA) is 6.48 Å². The van der Waals surface area contributed by atoms with Crippen LogP contribution in [0.5, 0.6) is 0 Å². The lowest BCUT2D eigenvalue weighted by atomic mass is 9.64. The molecule has 0 bridgehead atoms. The van der Waals surface area contributed by atoms with Gasteiger partial charge in [-0.05, 0) is 122 Å². The lowest BCUT2D eigenvalue weighted by Crippen LogP contribution is -2.36. The minimum Gasteiger partial charge on any atom is -0.310 e. The van der Waals surface area contributed by atoms with Crippen molar-refractivity contribution in [1.82, 2.24) is 0 Å². The standard InChI is InChI=1S/C64H44N2S/c1-63(2)50-25-10-6-22-45(50)46-37-36-43(40-55(46)63)66(56-30-14-8-21-44(56)41-35-38-61-49(39-41)47-23-9-17-34-60(47)67-61)59-33-18-29-54-62(59)48-24-7-11-26-51(48)64(54)52-27-12-15-31-57(52)65(42-19-4-3-5-20-42)58-32-16-13-28-53(58)64/h3-40H,1-2H3. The molecular formula is C64H44N2S. The van der Waals surface area contributed by atoms with Crippen molar-refractivity contribution in [1.29, 1.82) is 0 Å². The molecule has 1 aromatic heterocycles. The van der Waals surface area contributed by atoms with Gasteiger partial charge in [0.05, 0.1) is 28.2 Å². The van der Waals surface area contributed by atoms with E-state index in [2.05, 4.69) is 254 Å². The van der Waals surface area contributed by atoms with Gasteiger partial charge in [0.25, 0.3) is 0 Å². The molecule has 10 aromatic carbocycles. The Morgan fingerprint density at radius 1 is 0.388 bits per heavy atom. The SMILES string of the molecule is CC1(C)c2ccccc2-c2ccc(N(c3ccccc3-c3ccc4sc5ccccc5c4c3)c3cccc4c3-c3ccccc3C43c4ccccc4N(c4ccccc4)c4ccccc43)cc21. The maximum atomic E-state index is 2.58. The molecule has 0 atom stereocenters. The number of hydrogen-bond acceptors (Lipinski definition) is 3. The maximum absolute atomic E-state index is 2.58. The van der Waals surface area contributed by atoms with Gasteiger partial charge < -0.3 is 9.80 Å². The Morgan fingerprint density at radius 2 is 0.970 bits per heavy atom. The fourth-order valence-corrected chi connectivity index (χ4v) is 13.3. The zero-order valence-electron chi connectivity index (χ0n) is 37.2. The number of fused-ring (bicyclic) bond motifs is 15. The van der Waals surface area contributed by atoms with Gasteiger partial charge in [-0.1, -0.05) is 178 Å². The lowest BCUT2D eigenvalue weighted by Gasteiger charge is -2.45. The number of rotatable bonds is 5. The van der Waals surface area contributed by atoms with Gasteiger partial charge in [-0.25, -0.2) is 0 Å². The molecule has 1 spiro atoms. The second-order valence-corrected chi connectivity index (χ2v) is 19.8. The summed E-state index contributed by atoms with van der Waals surface area (Å²) < 4.78 is 2.62. The highest BCUT2D eigenvalue weighted by atomic mass is 32.1. The maximum Gasteiger partial charge on any atom is 0.0755 e. The summed E-state index contributed by atoms with van der Waals surface area (Å²) in [5.74, 6) is 0. The van der Waals surface area contributed by atoms with Crippen LogP contribution in [-0.2, 0) is 10.8 Å². The van der Waals surface area contributed by atoms with Crippen LogP contribution in [0.3, 0.4) is 0 Å². The minimum absolute atomic E-state index is 0.173. The largest absolute Gasteiger partial charge is 0.310 e. The van der Waals surface area contributed by atoms with Crippen molar-refractivity contribution in [2.24, 2.45) is 0 Å². The van der Waals surface area contributed by atoms with E-state index in [1.54, 1.807) is 0 Å². The summed E-state index contributed by atoms with van der Waals surface area (Å²) in [6.07, 6.45) is 0. The molecule has 0 saturated heterocycles. The first-order chi connectivity index (χ1) is 33.0. The molecule has 0 N–H and O–H groups in total. The molecule has 0 unspecified atom stereocenters. The summed E-state index contributed by atoms with van der Waals surface area (Å²) in [7, 11) is 0. The first-order valence-electron chi connectivity index (χ1n) is 23.3. The molecule has 0 amide bonds. The summed E-state index contributed by atoms with van der Waals surface area (Å²) in [5, 5.41) is 2.60. The number of nitrogens with zero attached hydrogens (tertiary/aromatic N) is 2. The molecule has 3 aliphatic rings. The second kappa shape index (κ2) is 14.3. The number of benzene rings is 10. The number of para-hydroxylation sites is 4. The van der Waals surface area contributed by atoms with Crippen molar-refractivity contribution >= 4 is 65.6 Å². The van der Waals surface area contributed by atoms with Crippen molar-refractivity contribution in [2.45, 2.75) is 24.7 Å². The molecule has 0 radical (unpaired) electrons. The minimum atomic E-state index is -0.585. The van der Waals surface area contributed by atoms with Crippen LogP contribution in [-0.4, -0.2) is 0 Å². The molecule has 2 nitrogen and oxygen atoms in total. The first-order valence-corrected chi connectivity index (χ1v) is 24.2. The van der Waals surface area contributed by atoms with Crippen LogP contribution in [0.2, 0.25) is 0 Å². The van der Waals surface area contributed by atoms with Gasteiger partial charge in [-0.2, -0.15) is 0 Å². The lowest BCUT2D eigenvalue weighted by molar-refractivity contribution is 0.660. The van der Waals surface area contributed by atoms with E-state index in [1.807, 2.05) is 11.3 Å². The molecule has 0 fully saturated rings. The summed E-state index contributed by atoms with van der Waals surface area (Å²) in [5.41, 5.74) is 21.6. The second-order valence-electron chi connectivity index (χ2n) is 18.8. The number of hydrogen-bond donors (Lipinski definition) is 0. The zero-order valence-corrected chi connectivity index (χ0v) is 38.1. The van der Waals surface area contributed by atoms with Gasteiger partial charge in [0.1, 0.15) is 0 Å². The summed E-state index contributed by atoms with van der Waals surface area (Å²) in [4.78, 5) is 5.04. The van der Waals surface area contributed by atoms with E-state index >= 15 is 0 Å². The third-order valence-corrected chi connectivity index (χ3v) is 16.2. The fraction of sp³-hybridized carbons (Fsp3) is 0.0625. The van der Waals surface area contributed by atoms with Crippen LogP contribution in [0.1, 0.15) is 47.2 Å². The van der Waals surface area contributed by atoms with Crippen LogP contribution in [0.15, 0.2) is 231 Å². The highest BCUT2D eigenvalue weighted by Gasteiger charge is 2.52. The van der Waals surface area contributed by atoms with E-state index in [0.29, 0.717) is 0 Å². The highest BCUT2D eigenvalue weighted by molar-refractivity contribution is 7.25. The molecule has 14 rings (SSSR count). The van der Waals surface area contributed by atoms with Gasteiger partial charge in [0.2, 0.25) is 0 Å². The average molecular weight is 873 g/mol. The Balaban J connectivity index is 1.06. The van der Waals surface area contributed by atoms with Crippen LogP contribution >= 0.6 is 11.3 Å². The Bertz CT molecular complexity index is 3770. The highest BCUT2D eigenvalue weighted by Crippen LogP contribution is 2.65. The Hall–Kier alpha value is -7.98. The summed E-state index contributed by atoms with van der Waals surface area (Å²) in [6.45, 7) is 4.77. The van der Waals surface area contributed by atoms with E-state index in [4.69, 9.17) is 0 Å². The number of thiophene rings is 1. The Morgan fingerprint density at radius 3 is 1.76 bits per heavy atom. The predicted molar refractivity (Wildman–Crippen MR) is 283 cm³/mol. The van der Waals surface area contributed by atoms with Gasteiger partial charge in [-0.15, -0.1) is 11.3 Å². The van der Waals surface area contributed by atoms with E-state index in [9.17, 15) is 0 Å². The van der Waals surface area contributed by atoms with E-state index in [1.165, 1.54) is 98.3 Å². The molecule has 1 aliphatic heterocycles. The van der Waals surface area contributed by atoms with Gasteiger partial charge in [0.15, 0.2) is 0 Å². The smallest absolute Gasteiger partial charge is 0.0755 e. The van der Waals surface area contributed by atoms with Crippen molar-refractivity contribution in [2.75, 3.05) is 9.80 Å². The monoisotopic (exact) mass is 872 g/mol. The Labute approximate surface area is 395 Å². The van der Waals surface area contributed by atoms with Crippen LogP contribution in [0, 0.1) is 0 Å². The molecule has 67 heavy (non-hydrogen) atoms. The van der Waals surface area contributed by atoms with Crippen molar-refractivity contribution in [3.05, 3.63) is 264 Å².